The third-order valence-corrected chi connectivity index (χ3v) is 8.02. The van der Waals surface area contributed by atoms with Crippen LogP contribution in [-0.4, -0.2) is 58.0 Å². The number of carbonyl (C=O) groups excluding carboxylic acids is 1. The first-order valence-corrected chi connectivity index (χ1v) is 11.1. The Balaban J connectivity index is 0.00000225. The van der Waals surface area contributed by atoms with Gasteiger partial charge in [0.25, 0.3) is 0 Å². The molecule has 4 rings (SSSR count). The molecule has 1 aromatic rings. The van der Waals surface area contributed by atoms with Crippen molar-refractivity contribution in [2.24, 2.45) is 11.3 Å². The number of piperidine rings is 1. The molecule has 1 unspecified atom stereocenters. The maximum Gasteiger partial charge on any atom is 0.243 e. The summed E-state index contributed by atoms with van der Waals surface area (Å²) in [5.74, 6) is 0.266. The standard InChI is InChI=1S/C19H27N3O4S.ClH/c23-18(17-13-19(17)5-7-20-8-6-19)21-14-15-1-3-16(4-2-15)27(24,25)22-9-11-26-12-10-22;/h1-4,17,20H,5-14H2,(H,21,23);1H. The molecule has 7 nitrogen and oxygen atoms in total. The molecule has 0 radical (unpaired) electrons. The van der Waals surface area contributed by atoms with Crippen molar-refractivity contribution in [2.45, 2.75) is 30.7 Å². The van der Waals surface area contributed by atoms with Gasteiger partial charge in [-0.2, -0.15) is 4.31 Å². The minimum atomic E-state index is -3.47. The van der Waals surface area contributed by atoms with Gasteiger partial charge in [0.2, 0.25) is 15.9 Å². The van der Waals surface area contributed by atoms with E-state index >= 15 is 0 Å². The lowest BCUT2D eigenvalue weighted by Crippen LogP contribution is -2.40. The highest BCUT2D eigenvalue weighted by atomic mass is 35.5. The van der Waals surface area contributed by atoms with Gasteiger partial charge in [0.05, 0.1) is 18.1 Å². The van der Waals surface area contributed by atoms with Gasteiger partial charge in [-0.05, 0) is 55.5 Å². The Morgan fingerprint density at radius 1 is 1.18 bits per heavy atom. The number of hydrogen-bond acceptors (Lipinski definition) is 5. The first kappa shape index (κ1) is 21.5. The van der Waals surface area contributed by atoms with Crippen LogP contribution in [0.25, 0.3) is 0 Å². The van der Waals surface area contributed by atoms with Crippen LogP contribution in [0.5, 0.6) is 0 Å². The van der Waals surface area contributed by atoms with E-state index in [1.54, 1.807) is 24.3 Å². The van der Waals surface area contributed by atoms with E-state index in [2.05, 4.69) is 10.6 Å². The third-order valence-electron chi connectivity index (χ3n) is 6.10. The Hall–Kier alpha value is -1.19. The molecule has 3 aliphatic rings. The summed E-state index contributed by atoms with van der Waals surface area (Å²) in [7, 11) is -3.47. The Labute approximate surface area is 172 Å². The molecule has 2 N–H and O–H groups in total. The smallest absolute Gasteiger partial charge is 0.243 e. The highest BCUT2D eigenvalue weighted by Gasteiger charge is 2.57. The van der Waals surface area contributed by atoms with Gasteiger partial charge in [-0.15, -0.1) is 12.4 Å². The van der Waals surface area contributed by atoms with Crippen LogP contribution < -0.4 is 10.6 Å². The number of sulfonamides is 1. The molecule has 9 heteroatoms. The van der Waals surface area contributed by atoms with E-state index in [1.807, 2.05) is 0 Å². The molecule has 0 bridgehead atoms. The monoisotopic (exact) mass is 429 g/mol. The predicted octanol–water partition coefficient (Wildman–Crippen LogP) is 1.14. The number of morpholine rings is 1. The minimum Gasteiger partial charge on any atom is -0.379 e. The van der Waals surface area contributed by atoms with Gasteiger partial charge in [0.1, 0.15) is 0 Å². The lowest BCUT2D eigenvalue weighted by Gasteiger charge is -2.26. The molecule has 0 aromatic heterocycles. The van der Waals surface area contributed by atoms with Crippen LogP contribution in [0.4, 0.5) is 0 Å². The van der Waals surface area contributed by atoms with Crippen LogP contribution in [0.3, 0.4) is 0 Å². The molecule has 2 heterocycles. The summed E-state index contributed by atoms with van der Waals surface area (Å²) in [6.07, 6.45) is 3.16. The number of rotatable bonds is 5. The van der Waals surface area contributed by atoms with Crippen molar-refractivity contribution in [1.29, 1.82) is 0 Å². The molecule has 2 saturated heterocycles. The Morgan fingerprint density at radius 3 is 2.46 bits per heavy atom. The second-order valence-corrected chi connectivity index (χ2v) is 9.69. The van der Waals surface area contributed by atoms with E-state index in [9.17, 15) is 13.2 Å². The third kappa shape index (κ3) is 4.36. The molecule has 28 heavy (non-hydrogen) atoms. The van der Waals surface area contributed by atoms with Crippen molar-refractivity contribution in [3.05, 3.63) is 29.8 Å². The summed E-state index contributed by atoms with van der Waals surface area (Å²) in [5.41, 5.74) is 1.13. The fourth-order valence-electron chi connectivity index (χ4n) is 4.22. The van der Waals surface area contributed by atoms with Gasteiger partial charge >= 0.3 is 0 Å². The zero-order chi connectivity index (χ0) is 18.9. The maximum absolute atomic E-state index is 12.6. The molecular formula is C19H28ClN3O4S. The van der Waals surface area contributed by atoms with Gasteiger partial charge in [0, 0.05) is 25.6 Å². The van der Waals surface area contributed by atoms with E-state index in [0.29, 0.717) is 32.8 Å². The van der Waals surface area contributed by atoms with E-state index < -0.39 is 10.0 Å². The van der Waals surface area contributed by atoms with Crippen LogP contribution in [0, 0.1) is 11.3 Å². The van der Waals surface area contributed by atoms with Crippen molar-refractivity contribution in [3.63, 3.8) is 0 Å². The molecule has 1 spiro atoms. The topological polar surface area (TPSA) is 87.7 Å². The number of nitrogens with zero attached hydrogens (tertiary/aromatic N) is 1. The number of nitrogens with one attached hydrogen (secondary N) is 2. The summed E-state index contributed by atoms with van der Waals surface area (Å²) in [4.78, 5) is 12.7. The summed E-state index contributed by atoms with van der Waals surface area (Å²) >= 11 is 0. The van der Waals surface area contributed by atoms with E-state index in [-0.39, 0.29) is 34.5 Å². The number of carbonyl (C=O) groups is 1. The van der Waals surface area contributed by atoms with Gasteiger partial charge in [-0.3, -0.25) is 4.79 Å². The van der Waals surface area contributed by atoms with Gasteiger partial charge < -0.3 is 15.4 Å². The van der Waals surface area contributed by atoms with Crippen LogP contribution in [0.15, 0.2) is 29.2 Å². The van der Waals surface area contributed by atoms with Gasteiger partial charge in [-0.25, -0.2) is 8.42 Å². The number of hydrogen-bond donors (Lipinski definition) is 2. The SMILES string of the molecule is Cl.O=C(NCc1ccc(S(=O)(=O)N2CCOCC2)cc1)C1CC12CCNCC2. The van der Waals surface area contributed by atoms with Crippen molar-refractivity contribution in [3.8, 4) is 0 Å². The Bertz CT molecular complexity index is 788. The van der Waals surface area contributed by atoms with Crippen LogP contribution >= 0.6 is 12.4 Å². The summed E-state index contributed by atoms with van der Waals surface area (Å²) in [5, 5.41) is 6.37. The normalized spacial score (nSPS) is 24.4. The number of ether oxygens (including phenoxy) is 1. The quantitative estimate of drug-likeness (QED) is 0.732. The Kier molecular flexibility index (Phi) is 6.66. The highest BCUT2D eigenvalue weighted by Crippen LogP contribution is 2.58. The minimum absolute atomic E-state index is 0. The molecule has 1 atom stereocenters. The molecule has 2 aliphatic heterocycles. The van der Waals surface area contributed by atoms with E-state index in [0.717, 1.165) is 37.9 Å². The zero-order valence-corrected chi connectivity index (χ0v) is 17.5. The van der Waals surface area contributed by atoms with Gasteiger partial charge in [0.15, 0.2) is 0 Å². The molecule has 1 amide bonds. The predicted molar refractivity (Wildman–Crippen MR) is 108 cm³/mol. The molecular weight excluding hydrogens is 402 g/mol. The molecule has 156 valence electrons. The second kappa shape index (κ2) is 8.67. The zero-order valence-electron chi connectivity index (χ0n) is 15.9. The van der Waals surface area contributed by atoms with Crippen molar-refractivity contribution in [1.82, 2.24) is 14.9 Å². The summed E-state index contributed by atoms with van der Waals surface area (Å²) < 4.78 is 31.9. The lowest BCUT2D eigenvalue weighted by atomic mass is 9.92. The summed E-state index contributed by atoms with van der Waals surface area (Å²) in [6, 6.07) is 6.80. The first-order valence-electron chi connectivity index (χ1n) is 9.67. The fraction of sp³-hybridized carbons (Fsp3) is 0.632. The second-order valence-electron chi connectivity index (χ2n) is 7.75. The lowest BCUT2D eigenvalue weighted by molar-refractivity contribution is -0.123. The fourth-order valence-corrected chi connectivity index (χ4v) is 5.63. The van der Waals surface area contributed by atoms with E-state index in [4.69, 9.17) is 4.74 Å². The Morgan fingerprint density at radius 2 is 1.82 bits per heavy atom. The van der Waals surface area contributed by atoms with Crippen molar-refractivity contribution < 1.29 is 17.9 Å². The number of benzene rings is 1. The molecule has 1 aromatic carbocycles. The average Bonchev–Trinajstić information content (AvgIpc) is 3.40. The number of amides is 1. The molecule has 1 aliphatic carbocycles. The van der Waals surface area contributed by atoms with Crippen LogP contribution in [0.1, 0.15) is 24.8 Å². The van der Waals surface area contributed by atoms with Crippen molar-refractivity contribution >= 4 is 28.3 Å². The average molecular weight is 430 g/mol. The van der Waals surface area contributed by atoms with E-state index in [1.165, 1.54) is 4.31 Å². The largest absolute Gasteiger partial charge is 0.379 e. The van der Waals surface area contributed by atoms with Crippen molar-refractivity contribution in [2.75, 3.05) is 39.4 Å². The number of halogens is 1. The molecule has 3 fully saturated rings. The van der Waals surface area contributed by atoms with Crippen LogP contribution in [-0.2, 0) is 26.1 Å². The molecule has 1 saturated carbocycles. The first-order chi connectivity index (χ1) is 13.0. The van der Waals surface area contributed by atoms with Crippen LogP contribution in [0.2, 0.25) is 0 Å². The summed E-state index contributed by atoms with van der Waals surface area (Å²) in [6.45, 7) is 4.08. The van der Waals surface area contributed by atoms with Gasteiger partial charge in [-0.1, -0.05) is 12.1 Å². The maximum atomic E-state index is 12.6. The highest BCUT2D eigenvalue weighted by molar-refractivity contribution is 7.89.